The zero-order valence-corrected chi connectivity index (χ0v) is 20.5. The van der Waals surface area contributed by atoms with Gasteiger partial charge < -0.3 is 16.0 Å². The van der Waals surface area contributed by atoms with Gasteiger partial charge in [0.15, 0.2) is 0 Å². The van der Waals surface area contributed by atoms with Crippen molar-refractivity contribution in [2.75, 3.05) is 16.0 Å². The zero-order valence-electron chi connectivity index (χ0n) is 20.5. The van der Waals surface area contributed by atoms with E-state index >= 15 is 0 Å². The van der Waals surface area contributed by atoms with Crippen LogP contribution in [0.5, 0.6) is 0 Å². The molecule has 0 bridgehead atoms. The fourth-order valence-electron chi connectivity index (χ4n) is 5.24. The molecule has 35 heavy (non-hydrogen) atoms. The molecule has 188 valence electrons. The molecule has 1 heterocycles. The Kier molecular flexibility index (Phi) is 6.60. The minimum absolute atomic E-state index is 0.00350. The van der Waals surface area contributed by atoms with E-state index < -0.39 is 23.1 Å². The Bertz CT molecular complexity index is 1140. The fraction of sp³-hybridized carbons (Fsp3) is 0.481. The lowest BCUT2D eigenvalue weighted by Crippen LogP contribution is -2.36. The summed E-state index contributed by atoms with van der Waals surface area (Å²) in [5.41, 5.74) is 0.766. The maximum atomic E-state index is 13.5. The van der Waals surface area contributed by atoms with E-state index in [4.69, 9.17) is 0 Å². The largest absolute Gasteiger partial charge is 0.416 e. The smallest absolute Gasteiger partial charge is 0.381 e. The van der Waals surface area contributed by atoms with Crippen LogP contribution in [-0.4, -0.2) is 17.9 Å². The molecule has 1 fully saturated rings. The van der Waals surface area contributed by atoms with Gasteiger partial charge in [0, 0.05) is 23.1 Å². The Morgan fingerprint density at radius 1 is 1.09 bits per heavy atom. The first kappa shape index (κ1) is 25.1. The Morgan fingerprint density at radius 3 is 2.49 bits per heavy atom. The second kappa shape index (κ2) is 9.21. The van der Waals surface area contributed by atoms with E-state index in [9.17, 15) is 22.8 Å². The molecular weight excluding hydrogens is 455 g/mol. The summed E-state index contributed by atoms with van der Waals surface area (Å²) in [4.78, 5) is 25.5. The van der Waals surface area contributed by atoms with E-state index in [0.29, 0.717) is 23.2 Å². The van der Waals surface area contributed by atoms with Crippen LogP contribution < -0.4 is 16.0 Å². The second-order valence-electron chi connectivity index (χ2n) is 10.5. The molecular formula is C27H32F3N3O2. The van der Waals surface area contributed by atoms with Crippen molar-refractivity contribution in [3.63, 3.8) is 0 Å². The number of hydrogen-bond acceptors (Lipinski definition) is 3. The monoisotopic (exact) mass is 487 g/mol. The summed E-state index contributed by atoms with van der Waals surface area (Å²) >= 11 is 0. The highest BCUT2D eigenvalue weighted by atomic mass is 19.4. The number of carbonyl (C=O) groups is 2. The van der Waals surface area contributed by atoms with E-state index in [1.54, 1.807) is 18.2 Å². The van der Waals surface area contributed by atoms with Crippen LogP contribution in [0.25, 0.3) is 0 Å². The molecule has 0 saturated heterocycles. The number of carbonyl (C=O) groups excluding carboxylic acids is 2. The highest BCUT2D eigenvalue weighted by Crippen LogP contribution is 2.39. The lowest BCUT2D eigenvalue weighted by molar-refractivity contribution is -0.137. The molecule has 1 aliphatic carbocycles. The summed E-state index contributed by atoms with van der Waals surface area (Å²) in [7, 11) is 0. The van der Waals surface area contributed by atoms with Crippen LogP contribution >= 0.6 is 0 Å². The predicted molar refractivity (Wildman–Crippen MR) is 132 cm³/mol. The second-order valence-corrected chi connectivity index (χ2v) is 10.5. The Morgan fingerprint density at radius 2 is 1.80 bits per heavy atom. The fourth-order valence-corrected chi connectivity index (χ4v) is 5.24. The molecule has 0 spiro atoms. The molecule has 2 aromatic carbocycles. The molecule has 0 unspecified atom stereocenters. The first-order valence-corrected chi connectivity index (χ1v) is 12.1. The number of alkyl halides is 3. The minimum atomic E-state index is -4.51. The van der Waals surface area contributed by atoms with Gasteiger partial charge in [-0.05, 0) is 74.4 Å². The van der Waals surface area contributed by atoms with Crippen molar-refractivity contribution in [2.45, 2.75) is 71.0 Å². The molecule has 2 amide bonds. The van der Waals surface area contributed by atoms with E-state index in [0.717, 1.165) is 43.4 Å². The van der Waals surface area contributed by atoms with E-state index in [2.05, 4.69) is 29.8 Å². The topological polar surface area (TPSA) is 70.2 Å². The summed E-state index contributed by atoms with van der Waals surface area (Å²) in [6.07, 6.45) is -0.560. The van der Waals surface area contributed by atoms with Gasteiger partial charge in [-0.2, -0.15) is 13.2 Å². The summed E-state index contributed by atoms with van der Waals surface area (Å²) < 4.78 is 40.5. The highest BCUT2D eigenvalue weighted by Gasteiger charge is 2.38. The van der Waals surface area contributed by atoms with Crippen molar-refractivity contribution < 1.29 is 22.8 Å². The highest BCUT2D eigenvalue weighted by molar-refractivity contribution is 6.10. The summed E-state index contributed by atoms with van der Waals surface area (Å²) in [5, 5.41) is 8.91. The van der Waals surface area contributed by atoms with Gasteiger partial charge >= 0.3 is 6.18 Å². The molecule has 1 aliphatic heterocycles. The number of anilines is 3. The summed E-state index contributed by atoms with van der Waals surface area (Å²) in [5.74, 6) is 0.0543. The van der Waals surface area contributed by atoms with Gasteiger partial charge in [-0.25, -0.2) is 0 Å². The number of hydrogen-bond donors (Lipinski definition) is 3. The van der Waals surface area contributed by atoms with E-state index in [1.165, 1.54) is 6.07 Å². The lowest BCUT2D eigenvalue weighted by Gasteiger charge is -2.36. The van der Waals surface area contributed by atoms with E-state index in [-0.39, 0.29) is 23.2 Å². The molecule has 5 nitrogen and oxygen atoms in total. The maximum absolute atomic E-state index is 13.5. The first-order chi connectivity index (χ1) is 16.4. The Balaban J connectivity index is 1.63. The van der Waals surface area contributed by atoms with E-state index in [1.807, 2.05) is 13.8 Å². The normalized spacial score (nSPS) is 21.4. The molecule has 0 aromatic heterocycles. The molecule has 2 atom stereocenters. The third-order valence-corrected chi connectivity index (χ3v) is 7.37. The van der Waals surface area contributed by atoms with Crippen LogP contribution in [-0.2, 0) is 16.4 Å². The summed E-state index contributed by atoms with van der Waals surface area (Å²) in [6.45, 7) is 7.89. The van der Waals surface area contributed by atoms with Gasteiger partial charge in [-0.3, -0.25) is 9.59 Å². The quantitative estimate of drug-likeness (QED) is 0.434. The average molecular weight is 488 g/mol. The third kappa shape index (κ3) is 5.02. The van der Waals surface area contributed by atoms with Crippen molar-refractivity contribution >= 4 is 28.9 Å². The lowest BCUT2D eigenvalue weighted by atomic mass is 9.77. The van der Waals surface area contributed by atoms with Crippen molar-refractivity contribution in [1.82, 2.24) is 0 Å². The molecule has 3 N–H and O–H groups in total. The van der Waals surface area contributed by atoms with Crippen LogP contribution in [0.1, 0.15) is 74.9 Å². The van der Waals surface area contributed by atoms with Gasteiger partial charge in [0.1, 0.15) is 0 Å². The van der Waals surface area contributed by atoms with Gasteiger partial charge in [-0.1, -0.05) is 32.8 Å². The van der Waals surface area contributed by atoms with Crippen LogP contribution in [0.3, 0.4) is 0 Å². The minimum Gasteiger partial charge on any atom is -0.381 e. The maximum Gasteiger partial charge on any atom is 0.416 e. The Labute approximate surface area is 203 Å². The SMILES string of the molecule is CC(C)[C@@H]1CCCC[C@@H]1Nc1cc(C(F)(F)F)ccc1C(=O)Nc1ccc2c(c1)NC(=O)C2(C)C. The average Bonchev–Trinajstić information content (AvgIpc) is 3.01. The summed E-state index contributed by atoms with van der Waals surface area (Å²) in [6, 6.07) is 8.35. The van der Waals surface area contributed by atoms with Crippen LogP contribution in [0.2, 0.25) is 0 Å². The molecule has 4 rings (SSSR count). The van der Waals surface area contributed by atoms with Gasteiger partial charge in [0.2, 0.25) is 5.91 Å². The molecule has 2 aromatic rings. The van der Waals surface area contributed by atoms with Crippen molar-refractivity contribution in [3.05, 3.63) is 53.1 Å². The van der Waals surface area contributed by atoms with Gasteiger partial charge in [0.05, 0.1) is 16.5 Å². The molecule has 8 heteroatoms. The van der Waals surface area contributed by atoms with Crippen LogP contribution in [0, 0.1) is 11.8 Å². The number of benzene rings is 2. The number of rotatable bonds is 5. The number of amides is 2. The molecule has 0 radical (unpaired) electrons. The van der Waals surface area contributed by atoms with Gasteiger partial charge in [0.25, 0.3) is 5.91 Å². The number of halogens is 3. The number of nitrogens with one attached hydrogen (secondary N) is 3. The van der Waals surface area contributed by atoms with Crippen LogP contribution in [0.4, 0.5) is 30.2 Å². The zero-order chi connectivity index (χ0) is 25.5. The molecule has 2 aliphatic rings. The number of fused-ring (bicyclic) bond motifs is 1. The first-order valence-electron chi connectivity index (χ1n) is 12.1. The predicted octanol–water partition coefficient (Wildman–Crippen LogP) is 6.81. The van der Waals surface area contributed by atoms with Crippen LogP contribution in [0.15, 0.2) is 36.4 Å². The van der Waals surface area contributed by atoms with Crippen molar-refractivity contribution in [2.24, 2.45) is 11.8 Å². The Hall–Kier alpha value is -3.03. The van der Waals surface area contributed by atoms with Crippen molar-refractivity contribution in [1.29, 1.82) is 0 Å². The molecule has 1 saturated carbocycles. The van der Waals surface area contributed by atoms with Gasteiger partial charge in [-0.15, -0.1) is 0 Å². The standard InChI is InChI=1S/C27H32F3N3O2/c1-15(2)18-7-5-6-8-21(18)32-22-13-16(27(28,29)30)9-11-19(22)24(34)31-17-10-12-20-23(14-17)33-25(35)26(20,3)4/h9-15,18,21,32H,5-8H2,1-4H3,(H,31,34)(H,33,35)/t18-,21-/m0/s1. The third-order valence-electron chi connectivity index (χ3n) is 7.37. The van der Waals surface area contributed by atoms with Crippen molar-refractivity contribution in [3.8, 4) is 0 Å².